The summed E-state index contributed by atoms with van der Waals surface area (Å²) in [5.41, 5.74) is 5.91. The number of amides is 1. The van der Waals surface area contributed by atoms with Gasteiger partial charge in [0.15, 0.2) is 0 Å². The Labute approximate surface area is 116 Å². The summed E-state index contributed by atoms with van der Waals surface area (Å²) in [6.45, 7) is 0.552. The second kappa shape index (κ2) is 5.48. The number of hydrogen-bond donors (Lipinski definition) is 3. The van der Waals surface area contributed by atoms with Gasteiger partial charge < -0.3 is 11.1 Å². The van der Waals surface area contributed by atoms with Gasteiger partial charge in [0.2, 0.25) is 15.9 Å². The van der Waals surface area contributed by atoms with Gasteiger partial charge >= 0.3 is 0 Å². The zero-order valence-electron chi connectivity index (χ0n) is 10.6. The predicted octanol–water partition coefficient (Wildman–Crippen LogP) is -0.303. The summed E-state index contributed by atoms with van der Waals surface area (Å²) in [6, 6.07) is 5.00. The third-order valence-electron chi connectivity index (χ3n) is 3.01. The number of carbonyl (C=O) groups is 1. The normalized spacial score (nSPS) is 19.1. The second-order valence-electron chi connectivity index (χ2n) is 4.47. The van der Waals surface area contributed by atoms with E-state index in [9.17, 15) is 13.2 Å². The maximum absolute atomic E-state index is 12.2. The Kier molecular flexibility index (Phi) is 3.92. The van der Waals surface area contributed by atoms with E-state index in [1.165, 1.54) is 18.2 Å². The average molecular weight is 294 g/mol. The van der Waals surface area contributed by atoms with Crippen molar-refractivity contribution in [1.29, 1.82) is 5.26 Å². The third kappa shape index (κ3) is 2.89. The maximum Gasteiger partial charge on any atom is 0.243 e. The molecule has 1 heterocycles. The molecule has 8 heteroatoms. The van der Waals surface area contributed by atoms with Crippen molar-refractivity contribution in [2.75, 3.05) is 12.3 Å². The van der Waals surface area contributed by atoms with Gasteiger partial charge in [-0.1, -0.05) is 0 Å². The predicted molar refractivity (Wildman–Crippen MR) is 71.9 cm³/mol. The molecule has 1 unspecified atom stereocenters. The summed E-state index contributed by atoms with van der Waals surface area (Å²) in [6.07, 6.45) is 1.16. The van der Waals surface area contributed by atoms with Crippen molar-refractivity contribution in [2.24, 2.45) is 0 Å². The highest BCUT2D eigenvalue weighted by Crippen LogP contribution is 2.20. The molecule has 1 fully saturated rings. The van der Waals surface area contributed by atoms with E-state index >= 15 is 0 Å². The lowest BCUT2D eigenvalue weighted by molar-refractivity contribution is -0.124. The smallest absolute Gasteiger partial charge is 0.243 e. The summed E-state index contributed by atoms with van der Waals surface area (Å²) in [4.78, 5) is 11.4. The minimum absolute atomic E-state index is 0.0206. The minimum atomic E-state index is -3.89. The van der Waals surface area contributed by atoms with Crippen LogP contribution in [0.3, 0.4) is 0 Å². The highest BCUT2D eigenvalue weighted by molar-refractivity contribution is 7.89. The molecule has 1 aliphatic rings. The van der Waals surface area contributed by atoms with Gasteiger partial charge in [-0.3, -0.25) is 4.79 Å². The van der Waals surface area contributed by atoms with Crippen molar-refractivity contribution in [3.63, 3.8) is 0 Å². The molecule has 1 aromatic rings. The average Bonchev–Trinajstić information content (AvgIpc) is 2.40. The molecule has 4 N–H and O–H groups in total. The number of rotatable bonds is 3. The van der Waals surface area contributed by atoms with E-state index in [2.05, 4.69) is 10.0 Å². The van der Waals surface area contributed by atoms with Gasteiger partial charge in [-0.05, 0) is 31.0 Å². The molecule has 106 valence electrons. The molecule has 1 aromatic carbocycles. The van der Waals surface area contributed by atoms with Gasteiger partial charge in [-0.15, -0.1) is 0 Å². The Morgan fingerprint density at radius 3 is 2.80 bits per heavy atom. The Bertz CT molecular complexity index is 678. The van der Waals surface area contributed by atoms with Crippen LogP contribution >= 0.6 is 0 Å². The van der Waals surface area contributed by atoms with E-state index in [-0.39, 0.29) is 22.1 Å². The number of nitrogens with two attached hydrogens (primary N) is 1. The van der Waals surface area contributed by atoms with Crippen molar-refractivity contribution in [1.82, 2.24) is 10.0 Å². The van der Waals surface area contributed by atoms with Gasteiger partial charge in [0.25, 0.3) is 0 Å². The molecule has 0 aliphatic carbocycles. The molecule has 1 amide bonds. The van der Waals surface area contributed by atoms with E-state index in [4.69, 9.17) is 11.0 Å². The van der Waals surface area contributed by atoms with E-state index in [0.29, 0.717) is 19.4 Å². The van der Waals surface area contributed by atoms with Crippen LogP contribution in [0.2, 0.25) is 0 Å². The molecular weight excluding hydrogens is 280 g/mol. The van der Waals surface area contributed by atoms with Crippen LogP contribution in [0.4, 0.5) is 5.69 Å². The number of hydrogen-bond acceptors (Lipinski definition) is 5. The first-order valence-electron chi connectivity index (χ1n) is 6.04. The summed E-state index contributed by atoms with van der Waals surface area (Å²) >= 11 is 0. The molecule has 1 atom stereocenters. The molecule has 1 aliphatic heterocycles. The van der Waals surface area contributed by atoms with Crippen molar-refractivity contribution in [3.8, 4) is 6.07 Å². The Morgan fingerprint density at radius 2 is 2.20 bits per heavy atom. The van der Waals surface area contributed by atoms with E-state index < -0.39 is 16.1 Å². The number of nitriles is 1. The maximum atomic E-state index is 12.2. The molecule has 1 saturated heterocycles. The van der Waals surface area contributed by atoms with Crippen molar-refractivity contribution in [2.45, 2.75) is 23.8 Å². The van der Waals surface area contributed by atoms with Crippen molar-refractivity contribution >= 4 is 21.6 Å². The molecule has 0 spiro atoms. The quantitative estimate of drug-likeness (QED) is 0.660. The van der Waals surface area contributed by atoms with Crippen LogP contribution < -0.4 is 15.8 Å². The topological polar surface area (TPSA) is 125 Å². The van der Waals surface area contributed by atoms with Crippen LogP contribution in [-0.4, -0.2) is 26.9 Å². The minimum Gasteiger partial charge on any atom is -0.398 e. The van der Waals surface area contributed by atoms with Gasteiger partial charge in [0.1, 0.15) is 10.9 Å². The number of nitrogens with zero attached hydrogens (tertiary/aromatic N) is 1. The van der Waals surface area contributed by atoms with Crippen LogP contribution in [0.25, 0.3) is 0 Å². The van der Waals surface area contributed by atoms with Gasteiger partial charge in [-0.2, -0.15) is 9.98 Å². The lowest BCUT2D eigenvalue weighted by atomic mass is 10.1. The molecule has 7 nitrogen and oxygen atoms in total. The first-order chi connectivity index (χ1) is 9.44. The van der Waals surface area contributed by atoms with Crippen LogP contribution in [0, 0.1) is 11.3 Å². The number of nitrogen functional groups attached to an aromatic ring is 1. The molecule has 0 aromatic heterocycles. The Balaban J connectivity index is 2.26. The zero-order valence-corrected chi connectivity index (χ0v) is 11.4. The lowest BCUT2D eigenvalue weighted by Gasteiger charge is -2.22. The second-order valence-corrected chi connectivity index (χ2v) is 6.15. The highest BCUT2D eigenvalue weighted by Gasteiger charge is 2.28. The fourth-order valence-corrected chi connectivity index (χ4v) is 3.34. The Morgan fingerprint density at radius 1 is 1.45 bits per heavy atom. The number of sulfonamides is 1. The summed E-state index contributed by atoms with van der Waals surface area (Å²) in [5.74, 6) is -0.341. The molecule has 0 saturated carbocycles. The lowest BCUT2D eigenvalue weighted by Crippen LogP contribution is -2.50. The molecule has 0 radical (unpaired) electrons. The number of piperidine rings is 1. The van der Waals surface area contributed by atoms with Crippen LogP contribution in [0.5, 0.6) is 0 Å². The van der Waals surface area contributed by atoms with Crippen LogP contribution in [0.15, 0.2) is 23.1 Å². The van der Waals surface area contributed by atoms with Crippen molar-refractivity contribution < 1.29 is 13.2 Å². The summed E-state index contributed by atoms with van der Waals surface area (Å²) < 4.78 is 26.8. The summed E-state index contributed by atoms with van der Waals surface area (Å²) in [5, 5.41) is 11.3. The number of nitrogens with one attached hydrogen (secondary N) is 2. The summed E-state index contributed by atoms with van der Waals surface area (Å²) in [7, 11) is -3.89. The SMILES string of the molecule is N#Cc1ccc(S(=O)(=O)NC2CCCNC2=O)c(N)c1. The van der Waals surface area contributed by atoms with Crippen molar-refractivity contribution in [3.05, 3.63) is 23.8 Å². The fraction of sp³-hybridized carbons (Fsp3) is 0.333. The highest BCUT2D eigenvalue weighted by atomic mass is 32.2. The standard InChI is InChI=1S/C12H14N4O3S/c13-7-8-3-4-11(9(14)6-8)20(18,19)16-10-2-1-5-15-12(10)17/h3-4,6,10,16H,1-2,5,14H2,(H,15,17). The number of anilines is 1. The number of carbonyl (C=O) groups excluding carboxylic acids is 1. The first kappa shape index (κ1) is 14.3. The van der Waals surface area contributed by atoms with Crippen LogP contribution in [0.1, 0.15) is 18.4 Å². The van der Waals surface area contributed by atoms with Gasteiger partial charge in [0.05, 0.1) is 17.3 Å². The molecular formula is C12H14N4O3S. The largest absolute Gasteiger partial charge is 0.398 e. The molecule has 20 heavy (non-hydrogen) atoms. The molecule has 2 rings (SSSR count). The third-order valence-corrected chi connectivity index (χ3v) is 4.56. The monoisotopic (exact) mass is 294 g/mol. The van der Waals surface area contributed by atoms with E-state index in [1.54, 1.807) is 0 Å². The van der Waals surface area contributed by atoms with E-state index in [0.717, 1.165) is 0 Å². The zero-order chi connectivity index (χ0) is 14.8. The van der Waals surface area contributed by atoms with E-state index in [1.807, 2.05) is 6.07 Å². The number of benzene rings is 1. The molecule has 0 bridgehead atoms. The first-order valence-corrected chi connectivity index (χ1v) is 7.52. The van der Waals surface area contributed by atoms with Crippen LogP contribution in [-0.2, 0) is 14.8 Å². The fourth-order valence-electron chi connectivity index (χ4n) is 2.00. The Hall–Kier alpha value is -2.11. The van der Waals surface area contributed by atoms with Gasteiger partial charge in [-0.25, -0.2) is 8.42 Å². The van der Waals surface area contributed by atoms with Gasteiger partial charge in [0, 0.05) is 6.54 Å².